The molecule has 1 saturated heterocycles. The molecule has 0 unspecified atom stereocenters. The highest BCUT2D eigenvalue weighted by atomic mass is 127. The number of nitrogens with zero attached hydrogens (tertiary/aromatic N) is 6. The number of hydrogen-bond acceptors (Lipinski definition) is 5. The summed E-state index contributed by atoms with van der Waals surface area (Å²) in [6.45, 7) is 7.77. The maximum absolute atomic E-state index is 13.2. The molecular weight excluding hydrogens is 560 g/mol. The molecule has 11 heteroatoms. The van der Waals surface area contributed by atoms with E-state index >= 15 is 0 Å². The predicted molar refractivity (Wildman–Crippen MR) is 133 cm³/mol. The number of hydrogen-bond donors (Lipinski definition) is 0. The van der Waals surface area contributed by atoms with Crippen LogP contribution in [0.15, 0.2) is 35.9 Å². The highest BCUT2D eigenvalue weighted by Gasteiger charge is 2.31. The molecule has 0 atom stereocenters. The van der Waals surface area contributed by atoms with Crippen LogP contribution >= 0.6 is 20.7 Å². The van der Waals surface area contributed by atoms with E-state index in [-0.39, 0.29) is 33.2 Å². The Labute approximate surface area is 206 Å². The van der Waals surface area contributed by atoms with Crippen LogP contribution in [0.4, 0.5) is 13.2 Å². The van der Waals surface area contributed by atoms with Crippen molar-refractivity contribution in [1.82, 2.24) is 30.0 Å². The van der Waals surface area contributed by atoms with Gasteiger partial charge in [-0.1, -0.05) is 17.7 Å². The van der Waals surface area contributed by atoms with Crippen molar-refractivity contribution in [2.24, 2.45) is 0 Å². The summed E-state index contributed by atoms with van der Waals surface area (Å²) >= 11 is 0.127. The number of tetrazole rings is 1. The average Bonchev–Trinajstić information content (AvgIpc) is 3.39. The first-order valence-corrected chi connectivity index (χ1v) is 13.5. The molecule has 1 fully saturated rings. The zero-order chi connectivity index (χ0) is 24.3. The van der Waals surface area contributed by atoms with Gasteiger partial charge in [0, 0.05) is 43.2 Å². The molecule has 0 aliphatic carbocycles. The predicted octanol–water partition coefficient (Wildman–Crippen LogP) is 3.31. The maximum atomic E-state index is 13.2. The van der Waals surface area contributed by atoms with Gasteiger partial charge in [0.2, 0.25) is 5.91 Å². The van der Waals surface area contributed by atoms with E-state index < -0.39 is 11.7 Å². The summed E-state index contributed by atoms with van der Waals surface area (Å²) in [5.41, 5.74) is 1.59. The molecule has 1 aromatic heterocycles. The summed E-state index contributed by atoms with van der Waals surface area (Å²) in [5.74, 6) is 0.287. The van der Waals surface area contributed by atoms with Crippen molar-refractivity contribution >= 4 is 36.2 Å². The van der Waals surface area contributed by atoms with Gasteiger partial charge in [-0.2, -0.15) is 18.0 Å². The van der Waals surface area contributed by atoms with E-state index in [9.17, 15) is 18.0 Å². The molecule has 0 N–H and O–H groups in total. The van der Waals surface area contributed by atoms with Gasteiger partial charge < -0.3 is 4.90 Å². The van der Waals surface area contributed by atoms with E-state index in [1.807, 2.05) is 0 Å². The van der Waals surface area contributed by atoms with Gasteiger partial charge in [0.1, 0.15) is 0 Å². The summed E-state index contributed by atoms with van der Waals surface area (Å²) in [4.78, 5) is 18.2. The van der Waals surface area contributed by atoms with Crippen LogP contribution in [0.3, 0.4) is 0 Å². The Kier molecular flexibility index (Phi) is 7.60. The Balaban J connectivity index is 1.41. The second kappa shape index (κ2) is 10.5. The van der Waals surface area contributed by atoms with Gasteiger partial charge in [0.05, 0.1) is 12.1 Å². The Hall–Kier alpha value is -2.41. The molecule has 1 amide bonds. The first kappa shape index (κ1) is 24.7. The monoisotopic (exact) mass is 586 g/mol. The third kappa shape index (κ3) is 6.38. The standard InChI is InChI=1S/C23H26F3IN6O/c1-16-11-21(27-13-16)15-31-7-9-32(10-8-31)22(34)6-4-18-3-5-20(23(24,25)26)12-19(18)14-33-29-17(2)28-30-33/h3-6,11-12H,7-10,13-15H2,1-2H3/b6-4+. The fourth-order valence-electron chi connectivity index (χ4n) is 3.85. The first-order chi connectivity index (χ1) is 16.2. The topological polar surface area (TPSA) is 67.2 Å². The summed E-state index contributed by atoms with van der Waals surface area (Å²) in [5, 5.41) is 11.7. The van der Waals surface area contributed by atoms with Crippen molar-refractivity contribution in [3.05, 3.63) is 58.4 Å². The molecule has 3 heterocycles. The zero-order valence-electron chi connectivity index (χ0n) is 19.0. The fourth-order valence-corrected chi connectivity index (χ4v) is 6.64. The van der Waals surface area contributed by atoms with E-state index in [1.54, 1.807) is 21.4 Å². The normalized spacial score (nSPS) is 17.6. The Morgan fingerprint density at radius 1 is 1.15 bits per heavy atom. The van der Waals surface area contributed by atoms with E-state index in [1.165, 1.54) is 26.9 Å². The van der Waals surface area contributed by atoms with Crippen molar-refractivity contribution in [2.45, 2.75) is 26.6 Å². The van der Waals surface area contributed by atoms with Crippen LogP contribution in [0.1, 0.15) is 29.4 Å². The van der Waals surface area contributed by atoms with E-state index in [0.29, 0.717) is 30.0 Å². The third-order valence-corrected chi connectivity index (χ3v) is 8.87. The van der Waals surface area contributed by atoms with E-state index in [0.717, 1.165) is 31.8 Å². The van der Waals surface area contributed by atoms with Gasteiger partial charge in [-0.05, 0) is 51.9 Å². The quantitative estimate of drug-likeness (QED) is 0.296. The fraction of sp³-hybridized carbons (Fsp3) is 0.435. The largest absolute Gasteiger partial charge is 0.416 e. The lowest BCUT2D eigenvalue weighted by Gasteiger charge is -2.34. The number of aryl methyl sites for hydroxylation is 1. The second-order valence-corrected chi connectivity index (χ2v) is 11.3. The summed E-state index contributed by atoms with van der Waals surface area (Å²) in [6, 6.07) is 3.47. The lowest BCUT2D eigenvalue weighted by atomic mass is 10.0. The number of carbonyl (C=O) groups is 1. The number of carbonyl (C=O) groups excluding carboxylic acids is 1. The van der Waals surface area contributed by atoms with Crippen molar-refractivity contribution in [3.8, 4) is 0 Å². The molecule has 4 rings (SSSR count). The minimum Gasteiger partial charge on any atom is -0.337 e. The van der Waals surface area contributed by atoms with Gasteiger partial charge in [0.25, 0.3) is 0 Å². The minimum atomic E-state index is -4.47. The molecular formula is C23H26F3IN6O. The number of piperazine rings is 1. The number of benzene rings is 1. The lowest BCUT2D eigenvalue weighted by Crippen LogP contribution is -2.49. The van der Waals surface area contributed by atoms with Crippen LogP contribution in [0.2, 0.25) is 0 Å². The van der Waals surface area contributed by atoms with Crippen LogP contribution in [-0.4, -0.2) is 76.6 Å². The van der Waals surface area contributed by atoms with Crippen LogP contribution < -0.4 is 0 Å². The molecule has 1 aromatic carbocycles. The van der Waals surface area contributed by atoms with Crippen LogP contribution in [-0.2, 0) is 17.5 Å². The molecule has 2 aliphatic rings. The van der Waals surface area contributed by atoms with Crippen molar-refractivity contribution in [1.29, 1.82) is 0 Å². The van der Waals surface area contributed by atoms with Crippen LogP contribution in [0, 0.1) is 6.92 Å². The van der Waals surface area contributed by atoms with Crippen LogP contribution in [0.25, 0.3) is 6.08 Å². The highest BCUT2D eigenvalue weighted by Crippen LogP contribution is 2.31. The molecule has 0 radical (unpaired) electrons. The van der Waals surface area contributed by atoms with Gasteiger partial charge in [-0.25, -0.2) is 0 Å². The van der Waals surface area contributed by atoms with E-state index in [2.05, 4.69) is 33.3 Å². The highest BCUT2D eigenvalue weighted by molar-refractivity contribution is 14.2. The van der Waals surface area contributed by atoms with Crippen molar-refractivity contribution < 1.29 is 18.0 Å². The molecule has 2 aliphatic heterocycles. The number of amides is 1. The van der Waals surface area contributed by atoms with Gasteiger partial charge in [-0.15, -0.1) is 30.9 Å². The molecule has 2 aromatic rings. The van der Waals surface area contributed by atoms with Gasteiger partial charge in [-0.3, -0.25) is 9.69 Å². The molecule has 0 spiro atoms. The lowest BCUT2D eigenvalue weighted by molar-refractivity contribution is -0.137. The summed E-state index contributed by atoms with van der Waals surface area (Å²) in [7, 11) is 0. The van der Waals surface area contributed by atoms with Crippen LogP contribution in [0.5, 0.6) is 0 Å². The summed E-state index contributed by atoms with van der Waals surface area (Å²) < 4.78 is 42.5. The smallest absolute Gasteiger partial charge is 0.337 e. The zero-order valence-corrected chi connectivity index (χ0v) is 21.2. The number of allylic oxidation sites excluding steroid dienone is 1. The van der Waals surface area contributed by atoms with Crippen molar-refractivity contribution in [3.63, 3.8) is 0 Å². The second-order valence-electron chi connectivity index (χ2n) is 8.42. The number of aromatic nitrogens is 4. The van der Waals surface area contributed by atoms with Gasteiger partial charge in [0.15, 0.2) is 5.82 Å². The summed E-state index contributed by atoms with van der Waals surface area (Å²) in [6.07, 6.45) is 0.863. The van der Waals surface area contributed by atoms with E-state index in [4.69, 9.17) is 0 Å². The average molecular weight is 586 g/mol. The number of rotatable bonds is 6. The Morgan fingerprint density at radius 2 is 1.91 bits per heavy atom. The Bertz CT molecular complexity index is 1150. The third-order valence-electron chi connectivity index (χ3n) is 5.65. The number of halogens is 4. The SMILES string of the molecule is CC1=CC(CN2CCN(C(=O)/C=C/c3ccc(C(F)(F)F)cc3Cn3nnc(C)n3)CC2)=IC1. The molecule has 0 saturated carbocycles. The molecule has 7 nitrogen and oxygen atoms in total. The molecule has 0 bridgehead atoms. The molecule has 182 valence electrons. The Morgan fingerprint density at radius 3 is 2.53 bits per heavy atom. The van der Waals surface area contributed by atoms with Crippen molar-refractivity contribution in [2.75, 3.05) is 37.2 Å². The minimum absolute atomic E-state index is 0.0205. The first-order valence-electron chi connectivity index (χ1n) is 10.9. The number of alkyl halides is 4. The molecule has 34 heavy (non-hydrogen) atoms. The maximum Gasteiger partial charge on any atom is 0.416 e. The van der Waals surface area contributed by atoms with Gasteiger partial charge >= 0.3 is 6.18 Å².